The molecule has 0 saturated carbocycles. The van der Waals surface area contributed by atoms with Gasteiger partial charge in [0.2, 0.25) is 0 Å². The first-order valence-corrected chi connectivity index (χ1v) is 21.0. The van der Waals surface area contributed by atoms with Crippen molar-refractivity contribution in [1.82, 2.24) is 0 Å². The molecule has 1 unspecified atom stereocenters. The molecule has 0 aliphatic carbocycles. The van der Waals surface area contributed by atoms with Crippen molar-refractivity contribution in [2.75, 3.05) is 19.8 Å². The number of rotatable bonds is 11. The first-order chi connectivity index (χ1) is 32.0. The van der Waals surface area contributed by atoms with Crippen molar-refractivity contribution in [3.05, 3.63) is 143 Å². The van der Waals surface area contributed by atoms with Crippen LogP contribution in [0.5, 0.6) is 0 Å². The predicted molar refractivity (Wildman–Crippen MR) is 222 cm³/mol. The van der Waals surface area contributed by atoms with Crippen molar-refractivity contribution in [2.24, 2.45) is 0 Å². The van der Waals surface area contributed by atoms with Gasteiger partial charge in [-0.1, -0.05) is 115 Å². The van der Waals surface area contributed by atoms with E-state index in [1.165, 1.54) is 54.6 Å². The van der Waals surface area contributed by atoms with Gasteiger partial charge in [0.05, 0.1) is 19.8 Å². The molecule has 0 amide bonds. The van der Waals surface area contributed by atoms with Crippen LogP contribution >= 0.6 is 0 Å². The molecule has 3 aliphatic rings. The van der Waals surface area contributed by atoms with E-state index >= 15 is 8.78 Å². The molecule has 4 aromatic carbocycles. The Hall–Kier alpha value is -4.21. The number of ether oxygens (including phenoxy) is 3. The lowest BCUT2D eigenvalue weighted by Crippen LogP contribution is -2.68. The molecule has 0 aromatic heterocycles. The number of hydrogen-bond acceptors (Lipinski definition) is 15. The van der Waals surface area contributed by atoms with Gasteiger partial charge >= 0.3 is 23.6 Å². The van der Waals surface area contributed by atoms with Gasteiger partial charge in [-0.05, 0) is 17.5 Å². The van der Waals surface area contributed by atoms with E-state index in [1.807, 2.05) is 30.3 Å². The van der Waals surface area contributed by atoms with Gasteiger partial charge in [-0.25, -0.2) is 4.39 Å². The van der Waals surface area contributed by atoms with E-state index in [-0.39, 0.29) is 17.5 Å². The summed E-state index contributed by atoms with van der Waals surface area (Å²) in [5, 5.41) is 114. The zero-order valence-electron chi connectivity index (χ0n) is 35.6. The van der Waals surface area contributed by atoms with Crippen LogP contribution in [0.4, 0.5) is 30.7 Å². The lowest BCUT2D eigenvalue weighted by atomic mass is 9.86. The van der Waals surface area contributed by atoms with Crippen LogP contribution < -0.4 is 0 Å². The number of alkyl halides is 7. The van der Waals surface area contributed by atoms with Crippen molar-refractivity contribution in [1.29, 1.82) is 0 Å². The first-order valence-electron chi connectivity index (χ1n) is 21.0. The molecule has 0 spiro atoms. The average molecular weight is 979 g/mol. The molecule has 7 rings (SSSR count). The average Bonchev–Trinajstić information content (AvgIpc) is 3.34. The van der Waals surface area contributed by atoms with Gasteiger partial charge in [-0.2, -0.15) is 26.3 Å². The minimum absolute atomic E-state index is 0.254. The van der Waals surface area contributed by atoms with Crippen molar-refractivity contribution >= 4 is 0 Å². The lowest BCUT2D eigenvalue weighted by molar-refractivity contribution is -0.387. The van der Waals surface area contributed by atoms with Gasteiger partial charge < -0.3 is 75.5 Å². The maximum Gasteiger partial charge on any atom is 0.333 e. The fraction of sp³-hybridized carbons (Fsp3) is 0.478. The fourth-order valence-electron chi connectivity index (χ4n) is 7.83. The minimum Gasteiger partial charge on any atom is -0.394 e. The molecular weight excluding hydrogens is 925 g/mol. The second kappa shape index (κ2) is 22.7. The number of halogens is 7. The Balaban J connectivity index is 0.000000194. The van der Waals surface area contributed by atoms with Crippen LogP contribution in [0.2, 0.25) is 0 Å². The molecule has 22 heteroatoms. The Labute approximate surface area is 384 Å². The molecule has 3 aliphatic heterocycles. The molecule has 68 heavy (non-hydrogen) atoms. The number of aliphatic hydroxyl groups excluding tert-OH is 12. The van der Waals surface area contributed by atoms with Crippen LogP contribution in [0.15, 0.2) is 115 Å². The van der Waals surface area contributed by atoms with E-state index in [0.717, 1.165) is 17.7 Å². The molecule has 0 bridgehead atoms. The van der Waals surface area contributed by atoms with E-state index in [4.69, 9.17) is 19.7 Å². The molecule has 0 radical (unpaired) electrons. The smallest absolute Gasteiger partial charge is 0.333 e. The highest BCUT2D eigenvalue weighted by Gasteiger charge is 2.68. The van der Waals surface area contributed by atoms with Crippen LogP contribution in [-0.2, 0) is 38.4 Å². The summed E-state index contributed by atoms with van der Waals surface area (Å²) in [7, 11) is 0. The predicted octanol–water partition coefficient (Wildman–Crippen LogP) is 0.750. The highest BCUT2D eigenvalue weighted by molar-refractivity contribution is 5.37. The SMILES string of the molecule is OC[C@H]1OC(F)(C(F)(F)c2ccccc2)[C@H](O)[C@@H](O)[C@@H]1O.OC[C@H]1O[C@@H](C(F)(F)c2ccccc2)[C@H](O)[C@@H](O)[C@@H]1O.OC[C@H]1O[C@@H](C(F)(F)c2ccccc2Cc2ccccc2)[C@H](O)[C@@H](O)[C@@H]1O. The van der Waals surface area contributed by atoms with Crippen molar-refractivity contribution in [2.45, 2.75) is 115 Å². The molecule has 3 saturated heterocycles. The second-order valence-corrected chi connectivity index (χ2v) is 16.3. The van der Waals surface area contributed by atoms with Crippen LogP contribution in [0, 0.1) is 0 Å². The van der Waals surface area contributed by atoms with Gasteiger partial charge in [0.1, 0.15) is 73.2 Å². The van der Waals surface area contributed by atoms with Crippen molar-refractivity contribution in [3.63, 3.8) is 0 Å². The number of aliphatic hydroxyl groups is 12. The van der Waals surface area contributed by atoms with E-state index in [2.05, 4.69) is 4.74 Å². The van der Waals surface area contributed by atoms with Gasteiger partial charge in [-0.3, -0.25) is 0 Å². The maximum atomic E-state index is 15.3. The van der Waals surface area contributed by atoms with Crippen molar-refractivity contribution in [3.8, 4) is 0 Å². The molecule has 376 valence electrons. The number of benzene rings is 4. The Morgan fingerprint density at radius 1 is 0.441 bits per heavy atom. The summed E-state index contributed by atoms with van der Waals surface area (Å²) in [6.45, 7) is -2.50. The molecule has 4 aromatic rings. The van der Waals surface area contributed by atoms with Crippen LogP contribution in [-0.4, -0.2) is 172 Å². The summed E-state index contributed by atoms with van der Waals surface area (Å²) < 4.78 is 117. The summed E-state index contributed by atoms with van der Waals surface area (Å²) in [5.41, 5.74) is -0.297. The second-order valence-electron chi connectivity index (χ2n) is 16.3. The summed E-state index contributed by atoms with van der Waals surface area (Å²) in [6.07, 6.45) is -26.2. The molecule has 15 nitrogen and oxygen atoms in total. The van der Waals surface area contributed by atoms with E-state index in [0.29, 0.717) is 5.56 Å². The number of hydrogen-bond donors (Lipinski definition) is 12. The molecule has 3 fully saturated rings. The van der Waals surface area contributed by atoms with Gasteiger partial charge in [0, 0.05) is 16.7 Å². The zero-order chi connectivity index (χ0) is 50.4. The summed E-state index contributed by atoms with van der Waals surface area (Å²) in [6, 6.07) is 27.5. The summed E-state index contributed by atoms with van der Waals surface area (Å²) in [5.74, 6) is -15.5. The van der Waals surface area contributed by atoms with E-state index in [1.54, 1.807) is 18.2 Å². The molecule has 12 N–H and O–H groups in total. The quantitative estimate of drug-likeness (QED) is 0.0926. The molecule has 15 atom stereocenters. The summed E-state index contributed by atoms with van der Waals surface area (Å²) in [4.78, 5) is 0. The van der Waals surface area contributed by atoms with Crippen molar-refractivity contribution < 1.29 is 106 Å². The Morgan fingerprint density at radius 3 is 1.31 bits per heavy atom. The Morgan fingerprint density at radius 2 is 0.838 bits per heavy atom. The highest BCUT2D eigenvalue weighted by Crippen LogP contribution is 2.49. The molecule has 3 heterocycles. The van der Waals surface area contributed by atoms with Crippen LogP contribution in [0.1, 0.15) is 27.8 Å². The Kier molecular flexibility index (Phi) is 18.3. The monoisotopic (exact) mass is 978 g/mol. The maximum absolute atomic E-state index is 15.3. The van der Waals surface area contributed by atoms with Crippen LogP contribution in [0.25, 0.3) is 0 Å². The zero-order valence-corrected chi connectivity index (χ0v) is 35.6. The third kappa shape index (κ3) is 11.2. The first kappa shape index (κ1) is 54.7. The topological polar surface area (TPSA) is 270 Å². The third-order valence-electron chi connectivity index (χ3n) is 11.8. The molecular formula is C46H53F7O15. The largest absolute Gasteiger partial charge is 0.394 e. The lowest BCUT2D eigenvalue weighted by Gasteiger charge is -2.46. The third-order valence-corrected chi connectivity index (χ3v) is 11.8. The van der Waals surface area contributed by atoms with Crippen LogP contribution in [0.3, 0.4) is 0 Å². The standard InChI is InChI=1S/C20H22F2O5.C13H15F3O5.C13H16F2O5/c21-20(22,19-18(26)17(25)16(24)15(11-23)27-19)14-9-5-4-8-13(14)10-12-6-2-1-3-7-12;14-12(15,7-4-2-1-3-5-7)13(16)11(20)10(19)9(18)8(6-17)21-13;14-13(15,7-4-2-1-3-5-7)12-11(19)10(18)9(17)8(6-16)20-12/h1-9,15-19,23-26H,10-11H2;1-5,8-11,17-20H,6H2;1-5,8-12,16-19H,6H2/t15-,16-,17+,18-,19-;8-,9-,10+,11-,13?;8-,9-,10+,11-,12-/m111/s1. The van der Waals surface area contributed by atoms with Gasteiger partial charge in [-0.15, -0.1) is 0 Å². The van der Waals surface area contributed by atoms with E-state index in [9.17, 15) is 73.0 Å². The van der Waals surface area contributed by atoms with E-state index < -0.39 is 134 Å². The highest BCUT2D eigenvalue weighted by atomic mass is 19.3. The Bertz CT molecular complexity index is 2150. The minimum atomic E-state index is -4.30. The van der Waals surface area contributed by atoms with Gasteiger partial charge in [0.25, 0.3) is 0 Å². The normalized spacial score (nSPS) is 33.3. The van der Waals surface area contributed by atoms with Gasteiger partial charge in [0.15, 0.2) is 12.2 Å². The fourth-order valence-corrected chi connectivity index (χ4v) is 7.83. The summed E-state index contributed by atoms with van der Waals surface area (Å²) >= 11 is 0.